The summed E-state index contributed by atoms with van der Waals surface area (Å²) in [4.78, 5) is 0. The van der Waals surface area contributed by atoms with E-state index in [0.29, 0.717) is 18.2 Å². The SMILES string of the molecule is Nc1ccc2cc3ccc(N)c(C(O)(C(F)(F)F)C(F)(F)F)c3cc2c1C(O)(C(F)(F)F)C(F)(F)F. The van der Waals surface area contributed by atoms with Gasteiger partial charge in [-0.2, -0.15) is 52.7 Å². The van der Waals surface area contributed by atoms with Crippen LogP contribution in [-0.2, 0) is 11.2 Å². The Labute approximate surface area is 191 Å². The van der Waals surface area contributed by atoms with Crippen molar-refractivity contribution in [2.75, 3.05) is 11.5 Å². The molecule has 6 N–H and O–H groups in total. The summed E-state index contributed by atoms with van der Waals surface area (Å²) >= 11 is 0. The lowest BCUT2D eigenvalue weighted by atomic mass is 9.82. The number of alkyl halides is 12. The Kier molecular flexibility index (Phi) is 5.85. The minimum atomic E-state index is -6.49. The maximum absolute atomic E-state index is 13.6. The summed E-state index contributed by atoms with van der Waals surface area (Å²) in [6.07, 6.45) is -25.9. The van der Waals surface area contributed by atoms with Gasteiger partial charge in [-0.1, -0.05) is 12.1 Å². The van der Waals surface area contributed by atoms with Gasteiger partial charge in [0.05, 0.1) is 0 Å². The number of fused-ring (bicyclic) bond motifs is 2. The first-order valence-corrected chi connectivity index (χ1v) is 9.27. The van der Waals surface area contributed by atoms with Crippen molar-refractivity contribution >= 4 is 32.9 Å². The van der Waals surface area contributed by atoms with Crippen LogP contribution in [0, 0.1) is 0 Å². The van der Waals surface area contributed by atoms with Crippen LogP contribution in [-0.4, -0.2) is 34.9 Å². The standard InChI is InChI=1S/C20H12F12N2O2/c21-17(22,23)15(35,18(24,25)26)13-9-6-10-8(5-7(9)1-3-11(13)33)2-4-12(34)14(10)16(36,19(27,28)29)20(30,31)32/h1-6,35-36H,33-34H2. The zero-order valence-electron chi connectivity index (χ0n) is 17.0. The maximum atomic E-state index is 13.6. The van der Waals surface area contributed by atoms with E-state index in [1.807, 2.05) is 0 Å². The average molecular weight is 540 g/mol. The van der Waals surface area contributed by atoms with E-state index in [0.717, 1.165) is 12.1 Å². The fourth-order valence-corrected chi connectivity index (χ4v) is 3.88. The van der Waals surface area contributed by atoms with E-state index in [9.17, 15) is 62.9 Å². The van der Waals surface area contributed by atoms with Crippen LogP contribution in [0.1, 0.15) is 11.1 Å². The molecule has 0 fully saturated rings. The maximum Gasteiger partial charge on any atom is 0.430 e. The Balaban J connectivity index is 2.64. The molecule has 0 aliphatic carbocycles. The van der Waals surface area contributed by atoms with Gasteiger partial charge in [-0.25, -0.2) is 0 Å². The first-order valence-electron chi connectivity index (χ1n) is 9.27. The number of rotatable bonds is 2. The van der Waals surface area contributed by atoms with Crippen LogP contribution in [0.4, 0.5) is 64.1 Å². The molecule has 16 heteroatoms. The molecule has 36 heavy (non-hydrogen) atoms. The van der Waals surface area contributed by atoms with Crippen molar-refractivity contribution < 1.29 is 62.9 Å². The molecule has 0 aliphatic heterocycles. The van der Waals surface area contributed by atoms with E-state index >= 15 is 0 Å². The van der Waals surface area contributed by atoms with Crippen molar-refractivity contribution in [1.82, 2.24) is 0 Å². The number of halogens is 12. The quantitative estimate of drug-likeness (QED) is 0.188. The van der Waals surface area contributed by atoms with E-state index in [2.05, 4.69) is 0 Å². The Hall–Kier alpha value is -3.14. The van der Waals surface area contributed by atoms with Crippen molar-refractivity contribution in [2.45, 2.75) is 35.9 Å². The summed E-state index contributed by atoms with van der Waals surface area (Å²) in [7, 11) is 0. The summed E-state index contributed by atoms with van der Waals surface area (Å²) in [6.45, 7) is 0. The molecular weight excluding hydrogens is 528 g/mol. The molecule has 0 saturated heterocycles. The zero-order valence-corrected chi connectivity index (χ0v) is 17.0. The molecule has 3 rings (SSSR count). The lowest BCUT2D eigenvalue weighted by molar-refractivity contribution is -0.376. The van der Waals surface area contributed by atoms with Gasteiger partial charge >= 0.3 is 24.7 Å². The van der Waals surface area contributed by atoms with Crippen LogP contribution in [0.2, 0.25) is 0 Å². The normalized spacial score (nSPS) is 14.6. The van der Waals surface area contributed by atoms with E-state index in [-0.39, 0.29) is 6.07 Å². The summed E-state index contributed by atoms with van der Waals surface area (Å²) < 4.78 is 163. The molecule has 3 aromatic rings. The average Bonchev–Trinajstić information content (AvgIpc) is 2.68. The number of hydrogen-bond donors (Lipinski definition) is 4. The number of anilines is 2. The molecule has 0 unspecified atom stereocenters. The smallest absolute Gasteiger partial charge is 0.398 e. The fourth-order valence-electron chi connectivity index (χ4n) is 3.88. The van der Waals surface area contributed by atoms with Gasteiger partial charge in [0.1, 0.15) is 0 Å². The highest BCUT2D eigenvalue weighted by molar-refractivity contribution is 6.04. The van der Waals surface area contributed by atoms with Crippen LogP contribution in [0.3, 0.4) is 0 Å². The first-order chi connectivity index (χ1) is 16.0. The van der Waals surface area contributed by atoms with E-state index in [4.69, 9.17) is 11.5 Å². The van der Waals surface area contributed by atoms with Crippen LogP contribution in [0.5, 0.6) is 0 Å². The second kappa shape index (κ2) is 7.68. The lowest BCUT2D eigenvalue weighted by Crippen LogP contribution is -2.54. The summed E-state index contributed by atoms with van der Waals surface area (Å²) in [5.74, 6) is 0. The monoisotopic (exact) mass is 540 g/mol. The number of hydrogen-bond acceptors (Lipinski definition) is 4. The Morgan fingerprint density at radius 2 is 0.750 bits per heavy atom. The fraction of sp³-hybridized carbons (Fsp3) is 0.300. The third kappa shape index (κ3) is 3.65. The van der Waals surface area contributed by atoms with Crippen LogP contribution in [0.15, 0.2) is 36.4 Å². The summed E-state index contributed by atoms with van der Waals surface area (Å²) in [6, 6.07) is 3.47. The number of nitrogen functional groups attached to an aromatic ring is 2. The van der Waals surface area contributed by atoms with Gasteiger partial charge < -0.3 is 21.7 Å². The Morgan fingerprint density at radius 1 is 0.472 bits per heavy atom. The summed E-state index contributed by atoms with van der Waals surface area (Å²) in [5.41, 5.74) is -7.57. The Morgan fingerprint density at radius 3 is 1.00 bits per heavy atom. The second-order valence-electron chi connectivity index (χ2n) is 7.77. The number of aliphatic hydroxyl groups is 2. The van der Waals surface area contributed by atoms with E-state index in [1.54, 1.807) is 0 Å². The first kappa shape index (κ1) is 27.4. The van der Waals surface area contributed by atoms with Crippen LogP contribution < -0.4 is 11.5 Å². The highest BCUT2D eigenvalue weighted by Gasteiger charge is 2.73. The van der Waals surface area contributed by atoms with E-state index in [1.165, 1.54) is 0 Å². The largest absolute Gasteiger partial charge is 0.430 e. The molecule has 198 valence electrons. The van der Waals surface area contributed by atoms with Crippen molar-refractivity contribution in [2.24, 2.45) is 0 Å². The molecule has 0 aliphatic rings. The molecule has 0 atom stereocenters. The van der Waals surface area contributed by atoms with Gasteiger partial charge in [0.2, 0.25) is 0 Å². The Bertz CT molecular complexity index is 1210. The topological polar surface area (TPSA) is 92.5 Å². The number of benzene rings is 3. The molecule has 3 aromatic carbocycles. The van der Waals surface area contributed by atoms with Gasteiger partial charge in [-0.3, -0.25) is 0 Å². The molecule has 0 radical (unpaired) electrons. The van der Waals surface area contributed by atoms with Gasteiger partial charge in [-0.05, 0) is 45.8 Å². The van der Waals surface area contributed by atoms with Crippen LogP contribution >= 0.6 is 0 Å². The second-order valence-corrected chi connectivity index (χ2v) is 7.77. The predicted molar refractivity (Wildman–Crippen MR) is 102 cm³/mol. The molecule has 0 amide bonds. The van der Waals surface area contributed by atoms with Gasteiger partial charge in [0.15, 0.2) is 0 Å². The van der Waals surface area contributed by atoms with Crippen molar-refractivity contribution in [3.8, 4) is 0 Å². The third-order valence-corrected chi connectivity index (χ3v) is 5.59. The number of nitrogens with two attached hydrogens (primary N) is 2. The minimum absolute atomic E-state index is 0.0902. The molecule has 4 nitrogen and oxygen atoms in total. The van der Waals surface area contributed by atoms with Gasteiger partial charge in [-0.15, -0.1) is 0 Å². The minimum Gasteiger partial charge on any atom is -0.398 e. The zero-order chi connectivity index (χ0) is 27.9. The molecule has 0 aromatic heterocycles. The predicted octanol–water partition coefficient (Wildman–Crippen LogP) is 5.78. The van der Waals surface area contributed by atoms with Crippen molar-refractivity contribution in [1.29, 1.82) is 0 Å². The van der Waals surface area contributed by atoms with Gasteiger partial charge in [0.25, 0.3) is 11.2 Å². The van der Waals surface area contributed by atoms with E-state index < -0.39 is 80.0 Å². The lowest BCUT2D eigenvalue weighted by Gasteiger charge is -2.35. The van der Waals surface area contributed by atoms with Crippen LogP contribution in [0.25, 0.3) is 21.5 Å². The molecular formula is C20H12F12N2O2. The third-order valence-electron chi connectivity index (χ3n) is 5.59. The highest BCUT2D eigenvalue weighted by atomic mass is 19.4. The summed E-state index contributed by atoms with van der Waals surface area (Å²) in [5, 5.41) is 16.0. The highest BCUT2D eigenvalue weighted by Crippen LogP contribution is 2.56. The van der Waals surface area contributed by atoms with Crippen molar-refractivity contribution in [3.63, 3.8) is 0 Å². The van der Waals surface area contributed by atoms with Gasteiger partial charge in [0, 0.05) is 22.5 Å². The van der Waals surface area contributed by atoms with Crippen molar-refractivity contribution in [3.05, 3.63) is 47.5 Å². The molecule has 0 heterocycles. The molecule has 0 saturated carbocycles. The molecule has 0 bridgehead atoms. The molecule has 0 spiro atoms.